The van der Waals surface area contributed by atoms with Crippen LogP contribution in [0, 0.1) is 0 Å². The predicted octanol–water partition coefficient (Wildman–Crippen LogP) is 3.39. The summed E-state index contributed by atoms with van der Waals surface area (Å²) < 4.78 is 0. The third kappa shape index (κ3) is 2.54. The maximum atomic E-state index is 5.75. The van der Waals surface area contributed by atoms with Gasteiger partial charge >= 0.3 is 0 Å². The lowest BCUT2D eigenvalue weighted by Crippen LogP contribution is -2.35. The fourth-order valence-electron chi connectivity index (χ4n) is 3.65. The normalized spacial score (nSPS) is 29.6. The molecule has 2 nitrogen and oxygen atoms in total. The zero-order valence-electron chi connectivity index (χ0n) is 11.1. The number of nitrogens with two attached hydrogens (primary N) is 1. The molecule has 18 heavy (non-hydrogen) atoms. The summed E-state index contributed by atoms with van der Waals surface area (Å²) in [5.41, 5.74) is 8.12. The highest BCUT2D eigenvalue weighted by Crippen LogP contribution is 2.35. The highest BCUT2D eigenvalue weighted by molar-refractivity contribution is 5.40. The van der Waals surface area contributed by atoms with Crippen molar-refractivity contribution >= 4 is 5.69 Å². The van der Waals surface area contributed by atoms with Crippen LogP contribution in [0.2, 0.25) is 0 Å². The molecule has 2 heteroatoms. The molecule has 0 amide bonds. The van der Waals surface area contributed by atoms with Crippen molar-refractivity contribution in [3.8, 4) is 0 Å². The molecule has 0 unspecified atom stereocenters. The quantitative estimate of drug-likeness (QED) is 0.808. The molecule has 0 atom stereocenters. The van der Waals surface area contributed by atoms with E-state index < -0.39 is 0 Å². The van der Waals surface area contributed by atoms with Crippen LogP contribution in [-0.2, 0) is 0 Å². The summed E-state index contributed by atoms with van der Waals surface area (Å²) >= 11 is 0. The lowest BCUT2D eigenvalue weighted by molar-refractivity contribution is 0.182. The largest absolute Gasteiger partial charge is 0.399 e. The predicted molar refractivity (Wildman–Crippen MR) is 76.7 cm³/mol. The number of nitrogens with zero attached hydrogens (tertiary/aromatic N) is 1. The third-order valence-electron chi connectivity index (χ3n) is 4.76. The SMILES string of the molecule is Nc1ccc([C@H]2CC[C@@H](N3CCCC3)CC2)cc1. The molecule has 0 radical (unpaired) electrons. The second kappa shape index (κ2) is 5.31. The second-order valence-corrected chi connectivity index (χ2v) is 5.92. The summed E-state index contributed by atoms with van der Waals surface area (Å²) in [6.45, 7) is 2.69. The maximum absolute atomic E-state index is 5.75. The van der Waals surface area contributed by atoms with E-state index in [-0.39, 0.29) is 0 Å². The van der Waals surface area contributed by atoms with Crippen LogP contribution < -0.4 is 5.73 Å². The Balaban J connectivity index is 1.57. The third-order valence-corrected chi connectivity index (χ3v) is 4.76. The number of anilines is 1. The van der Waals surface area contributed by atoms with Crippen molar-refractivity contribution in [1.29, 1.82) is 0 Å². The first kappa shape index (κ1) is 12.0. The molecule has 2 N–H and O–H groups in total. The van der Waals surface area contributed by atoms with Crippen molar-refractivity contribution in [3.05, 3.63) is 29.8 Å². The molecule has 2 aliphatic rings. The Hall–Kier alpha value is -1.02. The lowest BCUT2D eigenvalue weighted by Gasteiger charge is -2.34. The molecule has 1 saturated carbocycles. The fourth-order valence-corrected chi connectivity index (χ4v) is 3.65. The van der Waals surface area contributed by atoms with Crippen LogP contribution in [0.3, 0.4) is 0 Å². The van der Waals surface area contributed by atoms with Crippen molar-refractivity contribution in [1.82, 2.24) is 4.90 Å². The molecule has 0 bridgehead atoms. The molecule has 3 rings (SSSR count). The minimum Gasteiger partial charge on any atom is -0.399 e. The molecule has 1 heterocycles. The Morgan fingerprint density at radius 3 is 2.11 bits per heavy atom. The highest BCUT2D eigenvalue weighted by atomic mass is 15.2. The van der Waals surface area contributed by atoms with Gasteiger partial charge in [-0.3, -0.25) is 0 Å². The zero-order chi connectivity index (χ0) is 12.4. The van der Waals surface area contributed by atoms with E-state index in [0.29, 0.717) is 0 Å². The van der Waals surface area contributed by atoms with Crippen molar-refractivity contribution < 1.29 is 0 Å². The maximum Gasteiger partial charge on any atom is 0.0314 e. The molecule has 1 aliphatic carbocycles. The number of hydrogen-bond donors (Lipinski definition) is 1. The summed E-state index contributed by atoms with van der Waals surface area (Å²) in [6, 6.07) is 9.40. The van der Waals surface area contributed by atoms with E-state index in [1.165, 1.54) is 57.2 Å². The van der Waals surface area contributed by atoms with Crippen molar-refractivity contribution in [2.24, 2.45) is 0 Å². The molecular weight excluding hydrogens is 220 g/mol. The number of benzene rings is 1. The smallest absolute Gasteiger partial charge is 0.0314 e. The first-order valence-corrected chi connectivity index (χ1v) is 7.42. The summed E-state index contributed by atoms with van der Waals surface area (Å²) in [7, 11) is 0. The number of likely N-dealkylation sites (tertiary alicyclic amines) is 1. The lowest BCUT2D eigenvalue weighted by atomic mass is 9.81. The first-order valence-electron chi connectivity index (χ1n) is 7.42. The fraction of sp³-hybridized carbons (Fsp3) is 0.625. The van der Waals surface area contributed by atoms with Crippen LogP contribution in [0.4, 0.5) is 5.69 Å². The molecular formula is C16H24N2. The Morgan fingerprint density at radius 2 is 1.50 bits per heavy atom. The van der Waals surface area contributed by atoms with E-state index in [2.05, 4.69) is 17.0 Å². The van der Waals surface area contributed by atoms with Crippen LogP contribution in [0.25, 0.3) is 0 Å². The van der Waals surface area contributed by atoms with Gasteiger partial charge in [-0.2, -0.15) is 0 Å². The molecule has 0 spiro atoms. The van der Waals surface area contributed by atoms with E-state index in [1.807, 2.05) is 12.1 Å². The van der Waals surface area contributed by atoms with E-state index in [1.54, 1.807) is 0 Å². The average molecular weight is 244 g/mol. The van der Waals surface area contributed by atoms with Crippen LogP contribution in [0.15, 0.2) is 24.3 Å². The van der Waals surface area contributed by atoms with E-state index in [0.717, 1.165) is 17.6 Å². The molecule has 98 valence electrons. The van der Waals surface area contributed by atoms with Gasteiger partial charge in [-0.15, -0.1) is 0 Å². The van der Waals surface area contributed by atoms with Crippen LogP contribution in [-0.4, -0.2) is 24.0 Å². The van der Waals surface area contributed by atoms with Crippen molar-refractivity contribution in [2.75, 3.05) is 18.8 Å². The summed E-state index contributed by atoms with van der Waals surface area (Å²) in [6.07, 6.45) is 8.30. The highest BCUT2D eigenvalue weighted by Gasteiger charge is 2.27. The van der Waals surface area contributed by atoms with Crippen LogP contribution in [0.1, 0.15) is 50.0 Å². The van der Waals surface area contributed by atoms with Gasteiger partial charge in [0.2, 0.25) is 0 Å². The van der Waals surface area contributed by atoms with Crippen LogP contribution in [0.5, 0.6) is 0 Å². The van der Waals surface area contributed by atoms with Gasteiger partial charge in [0.1, 0.15) is 0 Å². The van der Waals surface area contributed by atoms with Gasteiger partial charge < -0.3 is 10.6 Å². The molecule has 1 aliphatic heterocycles. The van der Waals surface area contributed by atoms with E-state index in [4.69, 9.17) is 5.73 Å². The van der Waals surface area contributed by atoms with Crippen LogP contribution >= 0.6 is 0 Å². The first-order chi connectivity index (χ1) is 8.83. The minimum absolute atomic E-state index is 0.768. The molecule has 0 aromatic heterocycles. The Morgan fingerprint density at radius 1 is 0.889 bits per heavy atom. The average Bonchev–Trinajstić information content (AvgIpc) is 2.94. The van der Waals surface area contributed by atoms with Gasteiger partial charge in [0, 0.05) is 11.7 Å². The summed E-state index contributed by atoms with van der Waals surface area (Å²) in [5.74, 6) is 0.768. The van der Waals surface area contributed by atoms with Gasteiger partial charge in [-0.25, -0.2) is 0 Å². The van der Waals surface area contributed by atoms with E-state index >= 15 is 0 Å². The monoisotopic (exact) mass is 244 g/mol. The zero-order valence-corrected chi connectivity index (χ0v) is 11.1. The van der Waals surface area contributed by atoms with Gasteiger partial charge in [0.05, 0.1) is 0 Å². The van der Waals surface area contributed by atoms with Gasteiger partial charge in [-0.05, 0) is 75.2 Å². The molecule has 2 fully saturated rings. The second-order valence-electron chi connectivity index (χ2n) is 5.92. The topological polar surface area (TPSA) is 29.3 Å². The van der Waals surface area contributed by atoms with Gasteiger partial charge in [-0.1, -0.05) is 12.1 Å². The van der Waals surface area contributed by atoms with Crippen molar-refractivity contribution in [3.63, 3.8) is 0 Å². The Bertz CT molecular complexity index is 371. The summed E-state index contributed by atoms with van der Waals surface area (Å²) in [4.78, 5) is 2.72. The summed E-state index contributed by atoms with van der Waals surface area (Å²) in [5, 5.41) is 0. The standard InChI is InChI=1S/C16H24N2/c17-15-7-3-13(4-8-15)14-5-9-16(10-6-14)18-11-1-2-12-18/h3-4,7-8,14,16H,1-2,5-6,9-12,17H2/t14-,16+. The van der Waals surface area contributed by atoms with E-state index in [9.17, 15) is 0 Å². The molecule has 1 saturated heterocycles. The van der Waals surface area contributed by atoms with Crippen molar-refractivity contribution in [2.45, 2.75) is 50.5 Å². The Kier molecular flexibility index (Phi) is 3.55. The number of nitrogen functional groups attached to an aromatic ring is 1. The Labute approximate surface area is 110 Å². The molecule has 1 aromatic rings. The van der Waals surface area contributed by atoms with Gasteiger partial charge in [0.15, 0.2) is 0 Å². The van der Waals surface area contributed by atoms with Gasteiger partial charge in [0.25, 0.3) is 0 Å². The number of hydrogen-bond acceptors (Lipinski definition) is 2. The molecule has 1 aromatic carbocycles. The number of rotatable bonds is 2. The minimum atomic E-state index is 0.768.